The number of nitrogens with zero attached hydrogens (tertiary/aromatic N) is 8. The second-order valence-electron chi connectivity index (χ2n) is 16.5. The molecular formula is C43H46F2N10O5S. The Morgan fingerprint density at radius 1 is 1.07 bits per heavy atom. The Balaban J connectivity index is 0.850. The van der Waals surface area contributed by atoms with Crippen molar-refractivity contribution < 1.29 is 27.8 Å². The van der Waals surface area contributed by atoms with E-state index in [1.807, 2.05) is 30.4 Å². The molecule has 18 heteroatoms. The van der Waals surface area contributed by atoms with Gasteiger partial charge < -0.3 is 14.2 Å². The van der Waals surface area contributed by atoms with Crippen LogP contribution in [-0.4, -0.2) is 92.0 Å². The monoisotopic (exact) mass is 852 g/mol. The number of likely N-dealkylation sites (tertiary alicyclic amines) is 1. The minimum atomic E-state index is -0.703. The third-order valence-electron chi connectivity index (χ3n) is 12.8. The van der Waals surface area contributed by atoms with E-state index in [1.165, 1.54) is 41.3 Å². The molecule has 3 aromatic carbocycles. The first kappa shape index (κ1) is 40.8. The van der Waals surface area contributed by atoms with Crippen LogP contribution >= 0.6 is 12.1 Å². The molecule has 2 unspecified atom stereocenters. The number of hydrogen-bond donors (Lipinski definition) is 2. The highest BCUT2D eigenvalue weighted by atomic mass is 32.2. The highest BCUT2D eigenvalue weighted by Gasteiger charge is 2.48. The van der Waals surface area contributed by atoms with Gasteiger partial charge in [-0.3, -0.25) is 34.0 Å². The number of urea groups is 1. The van der Waals surface area contributed by atoms with Crippen LogP contribution in [0.4, 0.5) is 25.1 Å². The van der Waals surface area contributed by atoms with Crippen LogP contribution in [0.15, 0.2) is 53.6 Å². The Kier molecular flexibility index (Phi) is 10.9. The molecule has 61 heavy (non-hydrogen) atoms. The molecule has 318 valence electrons. The molecule has 3 saturated heterocycles. The fourth-order valence-corrected chi connectivity index (χ4v) is 9.93. The molecule has 2 aromatic heterocycles. The predicted molar refractivity (Wildman–Crippen MR) is 226 cm³/mol. The maximum absolute atomic E-state index is 15.8. The van der Waals surface area contributed by atoms with Crippen molar-refractivity contribution in [2.75, 3.05) is 49.5 Å². The smallest absolute Gasteiger partial charge is 0.329 e. The second kappa shape index (κ2) is 16.3. The van der Waals surface area contributed by atoms with Crippen LogP contribution < -0.4 is 25.2 Å². The zero-order valence-electron chi connectivity index (χ0n) is 34.1. The standard InChI is InChI=1S/C43H46F2N10O5S/c1-4-51(2)61-50-36-12-10-33(44)39(32(36)21-46)60-28-9-11-35-30(17-28)41(57)55(24-47-35)27-20-43(59-22-27)14-16-53(23-43)26-7-5-25(6-8-26)29-19-37-31(18-34(29)45)40(49-52(37)3)54-15-13-38(56)48-42(54)58/h9-12,17-19,24-27,50H,4-8,13-16,20,22-23H2,1-3H3,(H,48,56,58). The molecule has 9 rings (SSSR count). The van der Waals surface area contributed by atoms with Crippen LogP contribution in [0.1, 0.15) is 75.0 Å². The highest BCUT2D eigenvalue weighted by Crippen LogP contribution is 2.44. The summed E-state index contributed by atoms with van der Waals surface area (Å²) in [4.78, 5) is 46.7. The van der Waals surface area contributed by atoms with Crippen molar-refractivity contribution in [2.24, 2.45) is 7.05 Å². The fraction of sp³-hybridized carbons (Fsp3) is 0.442. The molecule has 1 saturated carbocycles. The van der Waals surface area contributed by atoms with E-state index >= 15 is 8.78 Å². The van der Waals surface area contributed by atoms with E-state index in [2.05, 4.69) is 25.0 Å². The van der Waals surface area contributed by atoms with E-state index in [4.69, 9.17) is 9.47 Å². The molecule has 3 aliphatic heterocycles. The van der Waals surface area contributed by atoms with Crippen molar-refractivity contribution in [3.8, 4) is 17.6 Å². The summed E-state index contributed by atoms with van der Waals surface area (Å²) in [5.74, 6) is -1.01. The predicted octanol–water partition coefficient (Wildman–Crippen LogP) is 6.73. The lowest BCUT2D eigenvalue weighted by Gasteiger charge is -2.35. The summed E-state index contributed by atoms with van der Waals surface area (Å²) in [6.07, 6.45) is 6.68. The number of ether oxygens (including phenoxy) is 2. The maximum atomic E-state index is 15.8. The van der Waals surface area contributed by atoms with Gasteiger partial charge in [-0.15, -0.1) is 0 Å². The van der Waals surface area contributed by atoms with Gasteiger partial charge in [-0.05, 0) is 93.1 Å². The number of nitriles is 1. The van der Waals surface area contributed by atoms with Gasteiger partial charge in [0.05, 0.1) is 46.7 Å². The summed E-state index contributed by atoms with van der Waals surface area (Å²) < 4.78 is 51.7. The number of amides is 3. The zero-order valence-corrected chi connectivity index (χ0v) is 34.9. The quantitative estimate of drug-likeness (QED) is 0.143. The van der Waals surface area contributed by atoms with Crippen molar-refractivity contribution in [3.05, 3.63) is 81.9 Å². The Morgan fingerprint density at radius 3 is 2.66 bits per heavy atom. The van der Waals surface area contributed by atoms with Crippen molar-refractivity contribution in [1.82, 2.24) is 33.9 Å². The Bertz CT molecular complexity index is 2660. The topological polar surface area (TPSA) is 163 Å². The molecule has 0 radical (unpaired) electrons. The first-order chi connectivity index (χ1) is 29.4. The second-order valence-corrected chi connectivity index (χ2v) is 17.5. The van der Waals surface area contributed by atoms with Gasteiger partial charge in [0.1, 0.15) is 23.2 Å². The van der Waals surface area contributed by atoms with Gasteiger partial charge in [-0.2, -0.15) is 10.4 Å². The van der Waals surface area contributed by atoms with E-state index in [1.54, 1.807) is 34.8 Å². The molecule has 4 aliphatic rings. The number of imide groups is 1. The van der Waals surface area contributed by atoms with Crippen molar-refractivity contribution in [2.45, 2.75) is 75.5 Å². The minimum Gasteiger partial charge on any atom is -0.453 e. The molecular weight excluding hydrogens is 807 g/mol. The molecule has 2 atom stereocenters. The summed E-state index contributed by atoms with van der Waals surface area (Å²) in [6.45, 7) is 4.90. The SMILES string of the molecule is CCN(C)SNc1ccc(F)c(Oc2ccc3ncn(C4COC5(CCN(C6CCC(c7cc8c(cc7F)c(N7CCC(=O)NC7=O)nn8C)CC6)C5)C4)c(=O)c3c2)c1C#N. The van der Waals surface area contributed by atoms with Gasteiger partial charge in [-0.25, -0.2) is 22.9 Å². The molecule has 4 fully saturated rings. The Morgan fingerprint density at radius 2 is 1.89 bits per heavy atom. The van der Waals surface area contributed by atoms with Crippen LogP contribution in [0, 0.1) is 23.0 Å². The largest absolute Gasteiger partial charge is 0.453 e. The average molecular weight is 853 g/mol. The first-order valence-electron chi connectivity index (χ1n) is 20.6. The maximum Gasteiger partial charge on any atom is 0.329 e. The summed E-state index contributed by atoms with van der Waals surface area (Å²) in [6, 6.07) is 12.4. The van der Waals surface area contributed by atoms with E-state index in [0.717, 1.165) is 57.3 Å². The Labute approximate surface area is 354 Å². The summed E-state index contributed by atoms with van der Waals surface area (Å²) in [5.41, 5.74) is 1.61. The lowest BCUT2D eigenvalue weighted by Crippen LogP contribution is -2.49. The summed E-state index contributed by atoms with van der Waals surface area (Å²) >= 11 is 1.28. The normalized spacial score (nSPS) is 23.4. The molecule has 0 bridgehead atoms. The average Bonchev–Trinajstić information content (AvgIpc) is 3.97. The number of rotatable bonds is 10. The lowest BCUT2D eigenvalue weighted by atomic mass is 9.80. The third kappa shape index (κ3) is 7.68. The Hall–Kier alpha value is -5.61. The zero-order chi connectivity index (χ0) is 42.6. The molecule has 5 heterocycles. The fourth-order valence-electron chi connectivity index (χ4n) is 9.38. The summed E-state index contributed by atoms with van der Waals surface area (Å²) in [7, 11) is 3.66. The van der Waals surface area contributed by atoms with Gasteiger partial charge in [0.25, 0.3) is 5.56 Å². The first-order valence-corrected chi connectivity index (χ1v) is 21.4. The molecule has 5 aromatic rings. The van der Waals surface area contributed by atoms with Crippen LogP contribution in [0.5, 0.6) is 11.5 Å². The van der Waals surface area contributed by atoms with Gasteiger partial charge >= 0.3 is 6.03 Å². The number of anilines is 2. The molecule has 2 N–H and O–H groups in total. The number of aromatic nitrogens is 4. The molecule has 1 spiro atoms. The van der Waals surface area contributed by atoms with Crippen LogP contribution in [0.3, 0.4) is 0 Å². The minimum absolute atomic E-state index is 0.00591. The van der Waals surface area contributed by atoms with Crippen LogP contribution in [-0.2, 0) is 16.6 Å². The highest BCUT2D eigenvalue weighted by molar-refractivity contribution is 7.98. The van der Waals surface area contributed by atoms with E-state index in [9.17, 15) is 19.6 Å². The number of benzene rings is 3. The molecule has 1 aliphatic carbocycles. The third-order valence-corrected chi connectivity index (χ3v) is 13.7. The van der Waals surface area contributed by atoms with Gasteiger partial charge in [0, 0.05) is 69.6 Å². The number of carbonyl (C=O) groups excluding carboxylic acids is 2. The van der Waals surface area contributed by atoms with Crippen molar-refractivity contribution in [3.63, 3.8) is 0 Å². The number of fused-ring (bicyclic) bond motifs is 2. The van der Waals surface area contributed by atoms with Gasteiger partial charge in [0.2, 0.25) is 5.91 Å². The lowest BCUT2D eigenvalue weighted by molar-refractivity contribution is -0.120. The van der Waals surface area contributed by atoms with Crippen LogP contribution in [0.2, 0.25) is 0 Å². The molecule has 15 nitrogen and oxygen atoms in total. The van der Waals surface area contributed by atoms with Crippen LogP contribution in [0.25, 0.3) is 21.8 Å². The van der Waals surface area contributed by atoms with E-state index in [-0.39, 0.29) is 59.3 Å². The number of carbonyl (C=O) groups is 2. The number of aryl methyl sites for hydroxylation is 1. The summed E-state index contributed by atoms with van der Waals surface area (Å²) in [5, 5.41) is 17.6. The number of halogens is 2. The number of nitrogens with one attached hydrogen (secondary N) is 2. The van der Waals surface area contributed by atoms with E-state index < -0.39 is 17.4 Å². The van der Waals surface area contributed by atoms with Crippen molar-refractivity contribution in [1.29, 1.82) is 5.26 Å². The van der Waals surface area contributed by atoms with Gasteiger partial charge in [0.15, 0.2) is 17.4 Å². The van der Waals surface area contributed by atoms with Crippen molar-refractivity contribution >= 4 is 57.4 Å². The number of hydrogen-bond acceptors (Lipinski definition) is 12. The molecule has 3 amide bonds. The van der Waals surface area contributed by atoms with E-state index in [0.29, 0.717) is 52.4 Å². The van der Waals surface area contributed by atoms with Gasteiger partial charge in [-0.1, -0.05) is 6.92 Å².